The molecule has 20 heavy (non-hydrogen) atoms. The van der Waals surface area contributed by atoms with Crippen molar-refractivity contribution in [1.29, 1.82) is 0 Å². The zero-order valence-corrected chi connectivity index (χ0v) is 12.6. The van der Waals surface area contributed by atoms with Crippen LogP contribution in [0.4, 0.5) is 5.69 Å². The lowest BCUT2D eigenvalue weighted by Crippen LogP contribution is -2.14. The van der Waals surface area contributed by atoms with E-state index in [4.69, 9.17) is 0 Å². The lowest BCUT2D eigenvalue weighted by molar-refractivity contribution is 0.601. The Morgan fingerprint density at radius 1 is 0.900 bits per heavy atom. The standard InChI is InChI=1S/C16H19NO2S/c1-3-13-9-11-15(12-10-13)20(18,19)17-16-8-6-5-7-14(16)4-2/h5-12,17H,3-4H2,1-2H3. The van der Waals surface area contributed by atoms with Crippen LogP contribution in [0.15, 0.2) is 53.4 Å². The molecule has 2 rings (SSSR count). The summed E-state index contributed by atoms with van der Waals surface area (Å²) in [7, 11) is -3.52. The van der Waals surface area contributed by atoms with Crippen LogP contribution in [0, 0.1) is 0 Å². The Hall–Kier alpha value is -1.81. The average Bonchev–Trinajstić information content (AvgIpc) is 2.47. The smallest absolute Gasteiger partial charge is 0.261 e. The number of benzene rings is 2. The second-order valence-corrected chi connectivity index (χ2v) is 6.30. The maximum absolute atomic E-state index is 12.4. The largest absolute Gasteiger partial charge is 0.279 e. The first-order valence-electron chi connectivity index (χ1n) is 6.76. The second kappa shape index (κ2) is 6.09. The topological polar surface area (TPSA) is 46.2 Å². The SMILES string of the molecule is CCc1ccc(S(=O)(=O)Nc2ccccc2CC)cc1. The van der Waals surface area contributed by atoms with Crippen molar-refractivity contribution in [1.82, 2.24) is 0 Å². The molecule has 2 aromatic rings. The zero-order valence-electron chi connectivity index (χ0n) is 11.8. The van der Waals surface area contributed by atoms with Crippen LogP contribution in [0.2, 0.25) is 0 Å². The van der Waals surface area contributed by atoms with Crippen LogP contribution < -0.4 is 4.72 Å². The molecular formula is C16H19NO2S. The zero-order chi connectivity index (χ0) is 14.6. The van der Waals surface area contributed by atoms with Gasteiger partial charge in [0.25, 0.3) is 10.0 Å². The van der Waals surface area contributed by atoms with Gasteiger partial charge in [0, 0.05) is 0 Å². The van der Waals surface area contributed by atoms with Gasteiger partial charge in [0.15, 0.2) is 0 Å². The Balaban J connectivity index is 2.30. The fourth-order valence-corrected chi connectivity index (χ4v) is 3.14. The number of sulfonamides is 1. The number of hydrogen-bond acceptors (Lipinski definition) is 2. The molecule has 0 aromatic heterocycles. The molecule has 0 aliphatic heterocycles. The lowest BCUT2D eigenvalue weighted by Gasteiger charge is -2.11. The monoisotopic (exact) mass is 289 g/mol. The van der Waals surface area contributed by atoms with Crippen molar-refractivity contribution in [3.8, 4) is 0 Å². The van der Waals surface area contributed by atoms with Gasteiger partial charge in [-0.1, -0.05) is 44.2 Å². The minimum Gasteiger partial charge on any atom is -0.279 e. The molecule has 106 valence electrons. The van der Waals surface area contributed by atoms with E-state index in [0.717, 1.165) is 24.0 Å². The molecular weight excluding hydrogens is 270 g/mol. The highest BCUT2D eigenvalue weighted by atomic mass is 32.2. The summed E-state index contributed by atoms with van der Waals surface area (Å²) in [4.78, 5) is 0.292. The third kappa shape index (κ3) is 3.20. The number of aryl methyl sites for hydroxylation is 2. The van der Waals surface area contributed by atoms with Gasteiger partial charge in [0.1, 0.15) is 0 Å². The molecule has 0 heterocycles. The average molecular weight is 289 g/mol. The molecule has 0 atom stereocenters. The molecule has 0 amide bonds. The molecule has 0 radical (unpaired) electrons. The highest BCUT2D eigenvalue weighted by molar-refractivity contribution is 7.92. The van der Waals surface area contributed by atoms with Gasteiger partial charge in [0.05, 0.1) is 10.6 Å². The summed E-state index contributed by atoms with van der Waals surface area (Å²) in [5.74, 6) is 0. The van der Waals surface area contributed by atoms with Crippen LogP contribution in [0.5, 0.6) is 0 Å². The van der Waals surface area contributed by atoms with E-state index in [0.29, 0.717) is 10.6 Å². The van der Waals surface area contributed by atoms with E-state index >= 15 is 0 Å². The minimum absolute atomic E-state index is 0.292. The van der Waals surface area contributed by atoms with Crippen LogP contribution in [-0.2, 0) is 22.9 Å². The van der Waals surface area contributed by atoms with Crippen molar-refractivity contribution in [2.45, 2.75) is 31.6 Å². The van der Waals surface area contributed by atoms with Gasteiger partial charge in [-0.2, -0.15) is 0 Å². The maximum atomic E-state index is 12.4. The van der Waals surface area contributed by atoms with Crippen LogP contribution in [0.1, 0.15) is 25.0 Å². The van der Waals surface area contributed by atoms with Crippen molar-refractivity contribution in [2.24, 2.45) is 0 Å². The Kier molecular flexibility index (Phi) is 4.45. The predicted molar refractivity (Wildman–Crippen MR) is 82.4 cm³/mol. The van der Waals surface area contributed by atoms with E-state index in [1.807, 2.05) is 44.2 Å². The first kappa shape index (κ1) is 14.6. The van der Waals surface area contributed by atoms with E-state index < -0.39 is 10.0 Å². The third-order valence-corrected chi connectivity index (χ3v) is 4.67. The summed E-state index contributed by atoms with van der Waals surface area (Å²) in [6.45, 7) is 4.04. The van der Waals surface area contributed by atoms with Gasteiger partial charge in [-0.25, -0.2) is 8.42 Å². The van der Waals surface area contributed by atoms with E-state index in [2.05, 4.69) is 4.72 Å². The quantitative estimate of drug-likeness (QED) is 0.914. The van der Waals surface area contributed by atoms with Crippen LogP contribution in [0.25, 0.3) is 0 Å². The molecule has 3 nitrogen and oxygen atoms in total. The first-order chi connectivity index (χ1) is 9.56. The van der Waals surface area contributed by atoms with Crippen LogP contribution in [0.3, 0.4) is 0 Å². The highest BCUT2D eigenvalue weighted by Gasteiger charge is 2.15. The van der Waals surface area contributed by atoms with Crippen molar-refractivity contribution >= 4 is 15.7 Å². The van der Waals surface area contributed by atoms with Crippen molar-refractivity contribution < 1.29 is 8.42 Å². The molecule has 0 saturated heterocycles. The van der Waals surface area contributed by atoms with Gasteiger partial charge in [0.2, 0.25) is 0 Å². The van der Waals surface area contributed by atoms with Crippen LogP contribution in [-0.4, -0.2) is 8.42 Å². The number of rotatable bonds is 5. The molecule has 4 heteroatoms. The molecule has 2 aromatic carbocycles. The molecule has 0 fully saturated rings. The summed E-state index contributed by atoms with van der Waals surface area (Å²) in [5, 5.41) is 0. The summed E-state index contributed by atoms with van der Waals surface area (Å²) in [6.07, 6.45) is 1.68. The van der Waals surface area contributed by atoms with E-state index in [1.54, 1.807) is 18.2 Å². The third-order valence-electron chi connectivity index (χ3n) is 3.28. The van der Waals surface area contributed by atoms with Crippen molar-refractivity contribution in [2.75, 3.05) is 4.72 Å². The van der Waals surface area contributed by atoms with E-state index in [1.165, 1.54) is 0 Å². The Morgan fingerprint density at radius 2 is 1.55 bits per heavy atom. The Labute approximate surface area is 120 Å². The molecule has 0 unspecified atom stereocenters. The minimum atomic E-state index is -3.52. The highest BCUT2D eigenvalue weighted by Crippen LogP contribution is 2.20. The number of para-hydroxylation sites is 1. The molecule has 0 aliphatic rings. The summed E-state index contributed by atoms with van der Waals surface area (Å²) in [6, 6.07) is 14.4. The fourth-order valence-electron chi connectivity index (χ4n) is 2.04. The summed E-state index contributed by atoms with van der Waals surface area (Å²) >= 11 is 0. The molecule has 0 aliphatic carbocycles. The molecule has 1 N–H and O–H groups in total. The van der Waals surface area contributed by atoms with Gasteiger partial charge in [-0.15, -0.1) is 0 Å². The number of nitrogens with one attached hydrogen (secondary N) is 1. The Morgan fingerprint density at radius 3 is 2.15 bits per heavy atom. The second-order valence-electron chi connectivity index (χ2n) is 4.61. The summed E-state index contributed by atoms with van der Waals surface area (Å²) in [5.41, 5.74) is 2.76. The van der Waals surface area contributed by atoms with E-state index in [-0.39, 0.29) is 0 Å². The summed E-state index contributed by atoms with van der Waals surface area (Å²) < 4.78 is 27.4. The van der Waals surface area contributed by atoms with Gasteiger partial charge in [-0.3, -0.25) is 4.72 Å². The van der Waals surface area contributed by atoms with Crippen molar-refractivity contribution in [3.05, 3.63) is 59.7 Å². The van der Waals surface area contributed by atoms with Crippen LogP contribution >= 0.6 is 0 Å². The number of anilines is 1. The predicted octanol–water partition coefficient (Wildman–Crippen LogP) is 3.61. The first-order valence-corrected chi connectivity index (χ1v) is 8.24. The van der Waals surface area contributed by atoms with E-state index in [9.17, 15) is 8.42 Å². The number of hydrogen-bond donors (Lipinski definition) is 1. The fraction of sp³-hybridized carbons (Fsp3) is 0.250. The van der Waals surface area contributed by atoms with Gasteiger partial charge >= 0.3 is 0 Å². The molecule has 0 saturated carbocycles. The Bertz CT molecular complexity index is 676. The maximum Gasteiger partial charge on any atom is 0.261 e. The lowest BCUT2D eigenvalue weighted by atomic mass is 10.1. The molecule has 0 spiro atoms. The van der Waals surface area contributed by atoms with Gasteiger partial charge < -0.3 is 0 Å². The van der Waals surface area contributed by atoms with Crippen molar-refractivity contribution in [3.63, 3.8) is 0 Å². The van der Waals surface area contributed by atoms with Gasteiger partial charge in [-0.05, 0) is 42.2 Å². The molecule has 0 bridgehead atoms. The normalized spacial score (nSPS) is 11.3.